The van der Waals surface area contributed by atoms with Crippen LogP contribution in [-0.2, 0) is 11.4 Å². The van der Waals surface area contributed by atoms with Crippen molar-refractivity contribution in [3.05, 3.63) is 80.4 Å². The van der Waals surface area contributed by atoms with Crippen molar-refractivity contribution in [2.75, 3.05) is 0 Å². The number of aromatic nitrogens is 2. The number of carbonyl (C=O) groups excluding carboxylic acids is 1. The number of H-pyrrole nitrogens is 2. The molecule has 1 aromatic heterocycles. The maximum atomic E-state index is 12.0. The van der Waals surface area contributed by atoms with E-state index in [-0.39, 0.29) is 6.61 Å². The number of carbonyl (C=O) groups is 1. The van der Waals surface area contributed by atoms with Crippen LogP contribution in [0.15, 0.2) is 58.1 Å². The number of hydroxylamine groups is 1. The van der Waals surface area contributed by atoms with Crippen LogP contribution in [0.2, 0.25) is 0 Å². The second-order valence-electron chi connectivity index (χ2n) is 4.87. The van der Waals surface area contributed by atoms with Gasteiger partial charge in [-0.1, -0.05) is 30.3 Å². The molecule has 3 rings (SSSR count). The molecule has 0 radical (unpaired) electrons. The van der Waals surface area contributed by atoms with E-state index in [1.165, 1.54) is 12.1 Å². The molecule has 0 bridgehead atoms. The van der Waals surface area contributed by atoms with Crippen molar-refractivity contribution in [3.63, 3.8) is 0 Å². The third-order valence-corrected chi connectivity index (χ3v) is 3.23. The van der Waals surface area contributed by atoms with Crippen LogP contribution < -0.4 is 16.6 Å². The minimum Gasteiger partial charge on any atom is -0.316 e. The molecule has 0 unspecified atom stereocenters. The van der Waals surface area contributed by atoms with E-state index >= 15 is 0 Å². The van der Waals surface area contributed by atoms with Gasteiger partial charge < -0.3 is 9.97 Å². The highest BCUT2D eigenvalue weighted by atomic mass is 16.6. The molecule has 7 nitrogen and oxygen atoms in total. The quantitative estimate of drug-likeness (QED) is 0.495. The second-order valence-corrected chi connectivity index (χ2v) is 4.87. The highest BCUT2D eigenvalue weighted by molar-refractivity contribution is 5.96. The molecule has 0 aliphatic heterocycles. The van der Waals surface area contributed by atoms with Gasteiger partial charge in [0.25, 0.3) is 5.91 Å². The first-order chi connectivity index (χ1) is 11.1. The van der Waals surface area contributed by atoms with E-state index in [0.29, 0.717) is 16.6 Å². The molecule has 0 aliphatic carbocycles. The lowest BCUT2D eigenvalue weighted by atomic mass is 10.2. The molecule has 0 atom stereocenters. The van der Waals surface area contributed by atoms with Crippen molar-refractivity contribution in [3.8, 4) is 0 Å². The third-order valence-electron chi connectivity index (χ3n) is 3.23. The number of aromatic amines is 2. The molecule has 3 aromatic rings. The fourth-order valence-electron chi connectivity index (χ4n) is 2.07. The number of nitrogens with one attached hydrogen (secondary N) is 3. The Bertz CT molecular complexity index is 960. The Labute approximate surface area is 129 Å². The van der Waals surface area contributed by atoms with E-state index < -0.39 is 17.0 Å². The minimum atomic E-state index is -0.768. The molecule has 0 aliphatic rings. The van der Waals surface area contributed by atoms with Gasteiger partial charge >= 0.3 is 11.1 Å². The molecule has 0 saturated carbocycles. The van der Waals surface area contributed by atoms with Gasteiger partial charge in [0.1, 0.15) is 0 Å². The Morgan fingerprint density at radius 3 is 2.39 bits per heavy atom. The molecular formula is C16H13N3O4. The predicted octanol–water partition coefficient (Wildman–Crippen LogP) is 1.08. The van der Waals surface area contributed by atoms with E-state index in [1.807, 2.05) is 30.3 Å². The van der Waals surface area contributed by atoms with Gasteiger partial charge in [0.05, 0.1) is 17.6 Å². The van der Waals surface area contributed by atoms with Crippen LogP contribution in [0.1, 0.15) is 15.9 Å². The van der Waals surface area contributed by atoms with E-state index in [0.717, 1.165) is 5.56 Å². The highest BCUT2D eigenvalue weighted by Crippen LogP contribution is 2.09. The lowest BCUT2D eigenvalue weighted by molar-refractivity contribution is 0.0233. The van der Waals surface area contributed by atoms with Crippen LogP contribution in [-0.4, -0.2) is 15.9 Å². The average molecular weight is 311 g/mol. The van der Waals surface area contributed by atoms with Gasteiger partial charge in [-0.25, -0.2) is 5.48 Å². The Morgan fingerprint density at radius 2 is 1.65 bits per heavy atom. The van der Waals surface area contributed by atoms with Crippen molar-refractivity contribution in [1.29, 1.82) is 0 Å². The molecule has 2 aromatic carbocycles. The summed E-state index contributed by atoms with van der Waals surface area (Å²) in [6.45, 7) is 0.240. The lowest BCUT2D eigenvalue weighted by Crippen LogP contribution is -2.29. The molecule has 0 saturated heterocycles. The summed E-state index contributed by atoms with van der Waals surface area (Å²) in [5, 5.41) is 0. The summed E-state index contributed by atoms with van der Waals surface area (Å²) in [6.07, 6.45) is 0. The first-order valence-electron chi connectivity index (χ1n) is 6.86. The molecule has 1 amide bonds. The summed E-state index contributed by atoms with van der Waals surface area (Å²) in [7, 11) is 0. The molecule has 0 spiro atoms. The maximum Gasteiger partial charge on any atom is 0.314 e. The zero-order valence-electron chi connectivity index (χ0n) is 12.0. The fourth-order valence-corrected chi connectivity index (χ4v) is 2.07. The number of amides is 1. The van der Waals surface area contributed by atoms with Crippen molar-refractivity contribution in [1.82, 2.24) is 15.4 Å². The maximum absolute atomic E-state index is 12.0. The van der Waals surface area contributed by atoms with Gasteiger partial charge in [0, 0.05) is 5.56 Å². The molecular weight excluding hydrogens is 298 g/mol. The van der Waals surface area contributed by atoms with Gasteiger partial charge in [0.15, 0.2) is 0 Å². The lowest BCUT2D eigenvalue weighted by Gasteiger charge is -2.06. The minimum absolute atomic E-state index is 0.240. The van der Waals surface area contributed by atoms with Gasteiger partial charge in [-0.15, -0.1) is 0 Å². The third kappa shape index (κ3) is 3.35. The topological polar surface area (TPSA) is 104 Å². The number of rotatable bonds is 4. The molecule has 1 heterocycles. The van der Waals surface area contributed by atoms with Crippen molar-refractivity contribution >= 4 is 16.9 Å². The summed E-state index contributed by atoms with van der Waals surface area (Å²) in [5.41, 5.74) is 2.86. The summed E-state index contributed by atoms with van der Waals surface area (Å²) in [6, 6.07) is 13.9. The first kappa shape index (κ1) is 14.7. The molecule has 23 heavy (non-hydrogen) atoms. The SMILES string of the molecule is O=C(NOCc1ccccc1)c1ccc2[nH]c(=O)c(=O)[nH]c2c1. The number of hydrogen-bond acceptors (Lipinski definition) is 4. The zero-order chi connectivity index (χ0) is 16.2. The van der Waals surface area contributed by atoms with Crippen LogP contribution in [0, 0.1) is 0 Å². The largest absolute Gasteiger partial charge is 0.316 e. The van der Waals surface area contributed by atoms with Gasteiger partial charge in [-0.05, 0) is 23.8 Å². The Kier molecular flexibility index (Phi) is 4.03. The van der Waals surface area contributed by atoms with E-state index in [1.54, 1.807) is 6.07 Å². The van der Waals surface area contributed by atoms with Crippen LogP contribution in [0.4, 0.5) is 0 Å². The van der Waals surface area contributed by atoms with Crippen LogP contribution in [0.3, 0.4) is 0 Å². The molecule has 0 fully saturated rings. The Hall–Kier alpha value is -3.19. The average Bonchev–Trinajstić information content (AvgIpc) is 2.56. The smallest absolute Gasteiger partial charge is 0.314 e. The van der Waals surface area contributed by atoms with Crippen LogP contribution in [0.5, 0.6) is 0 Å². The summed E-state index contributed by atoms with van der Waals surface area (Å²) in [5.74, 6) is -0.449. The Balaban J connectivity index is 1.72. The van der Waals surface area contributed by atoms with Gasteiger partial charge in [-0.2, -0.15) is 0 Å². The monoisotopic (exact) mass is 311 g/mol. The van der Waals surface area contributed by atoms with E-state index in [9.17, 15) is 14.4 Å². The first-order valence-corrected chi connectivity index (χ1v) is 6.86. The number of fused-ring (bicyclic) bond motifs is 1. The van der Waals surface area contributed by atoms with Gasteiger partial charge in [-0.3, -0.25) is 19.2 Å². The fraction of sp³-hybridized carbons (Fsp3) is 0.0625. The second kappa shape index (κ2) is 6.29. The van der Waals surface area contributed by atoms with Crippen LogP contribution in [0.25, 0.3) is 11.0 Å². The number of benzene rings is 2. The van der Waals surface area contributed by atoms with Gasteiger partial charge in [0.2, 0.25) is 0 Å². The number of hydrogen-bond donors (Lipinski definition) is 3. The Morgan fingerprint density at radius 1 is 0.957 bits per heavy atom. The zero-order valence-corrected chi connectivity index (χ0v) is 12.0. The molecule has 116 valence electrons. The van der Waals surface area contributed by atoms with Crippen molar-refractivity contribution < 1.29 is 9.63 Å². The van der Waals surface area contributed by atoms with Crippen LogP contribution >= 0.6 is 0 Å². The van der Waals surface area contributed by atoms with E-state index in [2.05, 4.69) is 15.4 Å². The normalized spacial score (nSPS) is 10.6. The highest BCUT2D eigenvalue weighted by Gasteiger charge is 2.08. The summed E-state index contributed by atoms with van der Waals surface area (Å²) in [4.78, 5) is 44.6. The van der Waals surface area contributed by atoms with E-state index in [4.69, 9.17) is 4.84 Å². The predicted molar refractivity (Wildman–Crippen MR) is 83.9 cm³/mol. The summed E-state index contributed by atoms with van der Waals surface area (Å²) >= 11 is 0. The molecule has 3 N–H and O–H groups in total. The standard InChI is InChI=1S/C16H13N3O4/c20-14(19-23-9-10-4-2-1-3-5-10)11-6-7-12-13(8-11)18-16(22)15(21)17-12/h1-8H,9H2,(H,17,21)(H,18,22)(H,19,20). The summed E-state index contributed by atoms with van der Waals surface area (Å²) < 4.78 is 0. The molecule has 7 heteroatoms. The van der Waals surface area contributed by atoms with Crippen molar-refractivity contribution in [2.24, 2.45) is 0 Å². The van der Waals surface area contributed by atoms with Crippen molar-refractivity contribution in [2.45, 2.75) is 6.61 Å².